The van der Waals surface area contributed by atoms with Crippen molar-refractivity contribution in [2.24, 2.45) is 34.0 Å². The number of Topliss-reactive ketones (excluding diaryl/α,β-unsaturated/α-hetero) is 1. The lowest BCUT2D eigenvalue weighted by Gasteiger charge is -2.60. The monoisotopic (exact) mass is 460 g/mol. The Labute approximate surface area is 197 Å². The fourth-order valence-corrected chi connectivity index (χ4v) is 8.05. The molecular weight excluding hydrogens is 420 g/mol. The van der Waals surface area contributed by atoms with Gasteiger partial charge < -0.3 is 19.7 Å². The van der Waals surface area contributed by atoms with Gasteiger partial charge in [-0.15, -0.1) is 0 Å². The third kappa shape index (κ3) is 3.51. The van der Waals surface area contributed by atoms with Gasteiger partial charge in [0.1, 0.15) is 6.61 Å². The third-order valence-electron chi connectivity index (χ3n) is 10.0. The molecule has 0 radical (unpaired) electrons. The van der Waals surface area contributed by atoms with Gasteiger partial charge in [-0.1, -0.05) is 38.8 Å². The summed E-state index contributed by atoms with van der Waals surface area (Å²) in [7, 11) is 1.63. The van der Waals surface area contributed by atoms with Gasteiger partial charge in [-0.05, 0) is 68.4 Å². The first kappa shape index (κ1) is 24.8. The van der Waals surface area contributed by atoms with Gasteiger partial charge in [0, 0.05) is 18.4 Å². The van der Waals surface area contributed by atoms with Crippen LogP contribution in [0, 0.1) is 34.0 Å². The van der Waals surface area contributed by atoms with E-state index in [-0.39, 0.29) is 40.8 Å². The summed E-state index contributed by atoms with van der Waals surface area (Å²) in [5, 5.41) is 21.5. The van der Waals surface area contributed by atoms with E-state index >= 15 is 0 Å². The van der Waals surface area contributed by atoms with E-state index in [0.717, 1.165) is 31.3 Å². The number of allylic oxidation sites excluding steroid dienone is 4. The first-order chi connectivity index (χ1) is 15.6. The Bertz CT molecular complexity index is 863. The summed E-state index contributed by atoms with van der Waals surface area (Å²) in [5.41, 5.74) is -0.668. The standard InChI is InChI=1S/C27H40O6/c1-6-7-23(32-5)33-22-13-19-18-9-8-16-12-17(29)10-11-25(16,2)24(18)20(30)14-26(19,3)27(22,4)21(31)15-28/h10-12,18-20,22-24,28,30H,6-9,13-15H2,1-5H3. The van der Waals surface area contributed by atoms with E-state index in [1.54, 1.807) is 19.3 Å². The van der Waals surface area contributed by atoms with Gasteiger partial charge in [0.05, 0.1) is 17.6 Å². The van der Waals surface area contributed by atoms with Crippen LogP contribution >= 0.6 is 0 Å². The Kier molecular flexibility index (Phi) is 6.54. The van der Waals surface area contributed by atoms with Crippen LogP contribution in [0.25, 0.3) is 0 Å². The number of hydrogen-bond acceptors (Lipinski definition) is 6. The molecule has 184 valence electrons. The molecule has 0 aromatic carbocycles. The molecular formula is C27H40O6. The maximum absolute atomic E-state index is 13.3. The number of fused-ring (bicyclic) bond motifs is 5. The molecule has 3 saturated carbocycles. The van der Waals surface area contributed by atoms with Crippen molar-refractivity contribution in [3.05, 3.63) is 23.8 Å². The number of ketones is 2. The minimum Gasteiger partial charge on any atom is -0.393 e. The number of aliphatic hydroxyl groups excluding tert-OH is 2. The summed E-state index contributed by atoms with van der Waals surface area (Å²) in [5.74, 6) is 0.152. The fraction of sp³-hybridized carbons (Fsp3) is 0.778. The maximum atomic E-state index is 13.3. The van der Waals surface area contributed by atoms with E-state index in [0.29, 0.717) is 12.8 Å². The van der Waals surface area contributed by atoms with Gasteiger partial charge >= 0.3 is 0 Å². The Balaban J connectivity index is 1.74. The predicted octanol–water partition coefficient (Wildman–Crippen LogP) is 3.60. The van der Waals surface area contributed by atoms with Crippen molar-refractivity contribution >= 4 is 11.6 Å². The van der Waals surface area contributed by atoms with Crippen molar-refractivity contribution in [1.29, 1.82) is 0 Å². The summed E-state index contributed by atoms with van der Waals surface area (Å²) in [4.78, 5) is 25.4. The average molecular weight is 461 g/mol. The summed E-state index contributed by atoms with van der Waals surface area (Å²) in [6.45, 7) is 7.72. The molecule has 6 heteroatoms. The number of aliphatic hydroxyl groups is 2. The highest BCUT2D eigenvalue weighted by Gasteiger charge is 2.70. The van der Waals surface area contributed by atoms with Crippen molar-refractivity contribution in [2.45, 2.75) is 84.7 Å². The van der Waals surface area contributed by atoms with Gasteiger partial charge in [0.2, 0.25) is 0 Å². The van der Waals surface area contributed by atoms with Crippen molar-refractivity contribution in [3.8, 4) is 0 Å². The predicted molar refractivity (Wildman–Crippen MR) is 124 cm³/mol. The van der Waals surface area contributed by atoms with E-state index in [1.807, 2.05) is 13.0 Å². The second-order valence-electron chi connectivity index (χ2n) is 11.3. The molecule has 4 aliphatic rings. The number of hydrogen-bond donors (Lipinski definition) is 2. The lowest BCUT2D eigenvalue weighted by Crippen LogP contribution is -2.59. The normalized spacial score (nSPS) is 45.1. The van der Waals surface area contributed by atoms with Gasteiger partial charge in [0.15, 0.2) is 17.9 Å². The topological polar surface area (TPSA) is 93.1 Å². The molecule has 0 saturated heterocycles. The van der Waals surface area contributed by atoms with Crippen molar-refractivity contribution < 1.29 is 29.3 Å². The van der Waals surface area contributed by atoms with Crippen LogP contribution in [0.2, 0.25) is 0 Å². The van der Waals surface area contributed by atoms with E-state index in [4.69, 9.17) is 9.47 Å². The third-order valence-corrected chi connectivity index (χ3v) is 10.0. The number of ether oxygens (including phenoxy) is 2. The van der Waals surface area contributed by atoms with E-state index in [2.05, 4.69) is 20.8 Å². The number of carbonyl (C=O) groups is 2. The molecule has 6 nitrogen and oxygen atoms in total. The highest BCUT2D eigenvalue weighted by atomic mass is 16.7. The lowest BCUT2D eigenvalue weighted by molar-refractivity contribution is -0.198. The molecule has 0 amide bonds. The Morgan fingerprint density at radius 1 is 1.30 bits per heavy atom. The molecule has 4 rings (SSSR count). The molecule has 3 fully saturated rings. The van der Waals surface area contributed by atoms with Crippen molar-refractivity contribution in [2.75, 3.05) is 13.7 Å². The van der Waals surface area contributed by atoms with Gasteiger partial charge in [-0.2, -0.15) is 0 Å². The van der Waals surface area contributed by atoms with Crippen LogP contribution in [0.15, 0.2) is 23.8 Å². The van der Waals surface area contributed by atoms with Crippen LogP contribution < -0.4 is 0 Å². The highest BCUT2D eigenvalue weighted by molar-refractivity contribution is 6.01. The molecule has 2 N–H and O–H groups in total. The Morgan fingerprint density at radius 3 is 2.67 bits per heavy atom. The second kappa shape index (κ2) is 8.71. The number of rotatable bonds is 7. The van der Waals surface area contributed by atoms with Crippen LogP contribution in [-0.2, 0) is 19.1 Å². The molecule has 0 heterocycles. The molecule has 0 aromatic rings. The first-order valence-corrected chi connectivity index (χ1v) is 12.5. The van der Waals surface area contributed by atoms with Gasteiger partial charge in [-0.3, -0.25) is 9.59 Å². The maximum Gasteiger partial charge on any atom is 0.178 e. The van der Waals surface area contributed by atoms with E-state index < -0.39 is 29.8 Å². The second-order valence-corrected chi connectivity index (χ2v) is 11.3. The van der Waals surface area contributed by atoms with E-state index in [1.165, 1.54) is 0 Å². The first-order valence-electron chi connectivity index (χ1n) is 12.5. The highest BCUT2D eigenvalue weighted by Crippen LogP contribution is 2.70. The lowest BCUT2D eigenvalue weighted by atomic mass is 9.45. The van der Waals surface area contributed by atoms with Crippen LogP contribution in [0.4, 0.5) is 0 Å². The van der Waals surface area contributed by atoms with Crippen molar-refractivity contribution in [1.82, 2.24) is 0 Å². The zero-order valence-corrected chi connectivity index (χ0v) is 20.7. The van der Waals surface area contributed by atoms with Crippen LogP contribution in [0.5, 0.6) is 0 Å². The van der Waals surface area contributed by atoms with Gasteiger partial charge in [0.25, 0.3) is 0 Å². The summed E-state index contributed by atoms with van der Waals surface area (Å²) in [6.07, 6.45) is 8.50. The van der Waals surface area contributed by atoms with Crippen LogP contribution in [0.3, 0.4) is 0 Å². The zero-order valence-electron chi connectivity index (χ0n) is 20.7. The fourth-order valence-electron chi connectivity index (χ4n) is 8.05. The molecule has 9 unspecified atom stereocenters. The molecule has 0 aromatic heterocycles. The minimum absolute atomic E-state index is 0.0129. The number of carbonyl (C=O) groups excluding carboxylic acids is 2. The largest absolute Gasteiger partial charge is 0.393 e. The van der Waals surface area contributed by atoms with Crippen molar-refractivity contribution in [3.63, 3.8) is 0 Å². The molecule has 9 atom stereocenters. The molecule has 0 spiro atoms. The molecule has 33 heavy (non-hydrogen) atoms. The molecule has 4 aliphatic carbocycles. The van der Waals surface area contributed by atoms with Gasteiger partial charge in [-0.25, -0.2) is 0 Å². The average Bonchev–Trinajstić information content (AvgIpc) is 3.00. The van der Waals surface area contributed by atoms with Crippen LogP contribution in [-0.4, -0.2) is 54.0 Å². The Morgan fingerprint density at radius 2 is 2.03 bits per heavy atom. The number of methoxy groups -OCH3 is 1. The quantitative estimate of drug-likeness (QED) is 0.564. The minimum atomic E-state index is -0.918. The summed E-state index contributed by atoms with van der Waals surface area (Å²) < 4.78 is 12.0. The zero-order chi connectivity index (χ0) is 24.2. The van der Waals surface area contributed by atoms with E-state index in [9.17, 15) is 19.8 Å². The molecule has 0 bridgehead atoms. The smallest absolute Gasteiger partial charge is 0.178 e. The summed E-state index contributed by atoms with van der Waals surface area (Å²) in [6, 6.07) is 0. The van der Waals surface area contributed by atoms with Crippen LogP contribution in [0.1, 0.15) is 66.2 Å². The molecule has 0 aliphatic heterocycles. The summed E-state index contributed by atoms with van der Waals surface area (Å²) >= 11 is 0. The SMILES string of the molecule is CCCC(OC)OC1CC2C3CCC4=CC(=O)C=CC4(C)C3C(O)CC2(C)C1(C)C(=O)CO. The Hall–Kier alpha value is -1.34.